The molecule has 0 saturated carbocycles. The molecule has 0 bridgehead atoms. The van der Waals surface area contributed by atoms with E-state index < -0.39 is 6.10 Å². The zero-order chi connectivity index (χ0) is 12.7. The van der Waals surface area contributed by atoms with Gasteiger partial charge in [0.25, 0.3) is 5.91 Å². The van der Waals surface area contributed by atoms with Crippen molar-refractivity contribution in [2.24, 2.45) is 5.84 Å². The second-order valence-electron chi connectivity index (χ2n) is 4.33. The van der Waals surface area contributed by atoms with E-state index in [9.17, 15) is 4.79 Å². The molecule has 2 unspecified atom stereocenters. The summed E-state index contributed by atoms with van der Waals surface area (Å²) in [5.74, 6) is 4.77. The Labute approximate surface area is 102 Å². The van der Waals surface area contributed by atoms with E-state index in [4.69, 9.17) is 20.1 Å². The molecule has 6 nitrogen and oxygen atoms in total. The third kappa shape index (κ3) is 5.45. The third-order valence-electron chi connectivity index (χ3n) is 2.52. The molecule has 0 aromatic carbocycles. The van der Waals surface area contributed by atoms with Crippen molar-refractivity contribution in [1.82, 2.24) is 5.43 Å². The van der Waals surface area contributed by atoms with Crippen LogP contribution >= 0.6 is 0 Å². The first-order chi connectivity index (χ1) is 8.13. The smallest absolute Gasteiger partial charge is 0.263 e. The van der Waals surface area contributed by atoms with Crippen molar-refractivity contribution in [3.05, 3.63) is 0 Å². The second-order valence-corrected chi connectivity index (χ2v) is 4.33. The maximum absolute atomic E-state index is 11.2. The number of ether oxygens (including phenoxy) is 3. The van der Waals surface area contributed by atoms with Gasteiger partial charge in [0.2, 0.25) is 0 Å². The van der Waals surface area contributed by atoms with Gasteiger partial charge in [0.15, 0.2) is 0 Å². The Hall–Kier alpha value is -0.690. The van der Waals surface area contributed by atoms with Crippen molar-refractivity contribution in [1.29, 1.82) is 0 Å². The van der Waals surface area contributed by atoms with Crippen LogP contribution in [0.2, 0.25) is 0 Å². The van der Waals surface area contributed by atoms with Gasteiger partial charge in [0, 0.05) is 0 Å². The van der Waals surface area contributed by atoms with Crippen LogP contribution in [0.5, 0.6) is 0 Å². The Morgan fingerprint density at radius 3 is 2.88 bits per heavy atom. The van der Waals surface area contributed by atoms with Crippen LogP contribution in [0.4, 0.5) is 0 Å². The first-order valence-corrected chi connectivity index (χ1v) is 5.98. The second kappa shape index (κ2) is 7.60. The number of hydrogen-bond donors (Lipinski definition) is 2. The van der Waals surface area contributed by atoms with Gasteiger partial charge in [-0.25, -0.2) is 5.84 Å². The van der Waals surface area contributed by atoms with Crippen molar-refractivity contribution in [2.45, 2.75) is 45.0 Å². The molecule has 1 aliphatic rings. The molecule has 0 spiro atoms. The zero-order valence-electron chi connectivity index (χ0n) is 10.5. The predicted molar refractivity (Wildman–Crippen MR) is 62.1 cm³/mol. The summed E-state index contributed by atoms with van der Waals surface area (Å²) in [5, 5.41) is 0. The van der Waals surface area contributed by atoms with E-state index in [1.165, 1.54) is 0 Å². The first-order valence-electron chi connectivity index (χ1n) is 5.98. The average molecular weight is 246 g/mol. The van der Waals surface area contributed by atoms with E-state index in [1.54, 1.807) is 0 Å². The molecule has 1 saturated heterocycles. The number of nitrogens with one attached hydrogen (secondary N) is 1. The predicted octanol–water partition coefficient (Wildman–Crippen LogP) is -0.0345. The summed E-state index contributed by atoms with van der Waals surface area (Å²) in [7, 11) is 0. The van der Waals surface area contributed by atoms with Gasteiger partial charge in [-0.1, -0.05) is 0 Å². The highest BCUT2D eigenvalue weighted by atomic mass is 16.6. The van der Waals surface area contributed by atoms with Gasteiger partial charge < -0.3 is 14.2 Å². The first kappa shape index (κ1) is 14.4. The van der Waals surface area contributed by atoms with Gasteiger partial charge in [0.05, 0.1) is 32.0 Å². The number of carbonyl (C=O) groups excluding carboxylic acids is 1. The van der Waals surface area contributed by atoms with Crippen LogP contribution in [0.15, 0.2) is 0 Å². The van der Waals surface area contributed by atoms with Crippen molar-refractivity contribution >= 4 is 5.91 Å². The van der Waals surface area contributed by atoms with Crippen molar-refractivity contribution in [2.75, 3.05) is 19.8 Å². The summed E-state index contributed by atoms with van der Waals surface area (Å²) in [6.07, 6.45) is 1.29. The van der Waals surface area contributed by atoms with Crippen LogP contribution in [0, 0.1) is 0 Å². The average Bonchev–Trinajstić information content (AvgIpc) is 2.76. The topological polar surface area (TPSA) is 82.8 Å². The van der Waals surface area contributed by atoms with Crippen LogP contribution in [-0.4, -0.2) is 44.0 Å². The highest BCUT2D eigenvalue weighted by molar-refractivity contribution is 5.80. The minimum absolute atomic E-state index is 0.0173. The molecule has 17 heavy (non-hydrogen) atoms. The van der Waals surface area contributed by atoms with Crippen LogP contribution in [0.25, 0.3) is 0 Å². The molecule has 0 radical (unpaired) electrons. The molecule has 100 valence electrons. The van der Waals surface area contributed by atoms with E-state index in [-0.39, 0.29) is 18.1 Å². The van der Waals surface area contributed by atoms with Crippen LogP contribution in [0.1, 0.15) is 26.7 Å². The van der Waals surface area contributed by atoms with Crippen molar-refractivity contribution in [3.63, 3.8) is 0 Å². The maximum atomic E-state index is 11.2. The third-order valence-corrected chi connectivity index (χ3v) is 2.52. The Kier molecular flexibility index (Phi) is 6.43. The van der Waals surface area contributed by atoms with Gasteiger partial charge in [-0.2, -0.15) is 0 Å². The molecule has 1 rings (SSSR count). The molecule has 0 aromatic rings. The molecule has 2 atom stereocenters. The quantitative estimate of drug-likeness (QED) is 0.285. The highest BCUT2D eigenvalue weighted by Gasteiger charge is 2.30. The lowest BCUT2D eigenvalue weighted by Crippen LogP contribution is -2.39. The summed E-state index contributed by atoms with van der Waals surface area (Å²) >= 11 is 0. The number of rotatable bonds is 7. The summed E-state index contributed by atoms with van der Waals surface area (Å²) in [4.78, 5) is 11.2. The van der Waals surface area contributed by atoms with Crippen molar-refractivity contribution in [3.8, 4) is 0 Å². The van der Waals surface area contributed by atoms with E-state index in [2.05, 4.69) is 5.43 Å². The summed E-state index contributed by atoms with van der Waals surface area (Å²) < 4.78 is 16.2. The number of hydrazine groups is 1. The molecule has 1 heterocycles. The van der Waals surface area contributed by atoms with E-state index >= 15 is 0 Å². The number of carbonyl (C=O) groups is 1. The van der Waals surface area contributed by atoms with Gasteiger partial charge in [-0.05, 0) is 26.7 Å². The SMILES string of the molecule is CC(C)OCCOCC1CCC(C(=O)NN)O1. The fraction of sp³-hybridized carbons (Fsp3) is 0.909. The van der Waals surface area contributed by atoms with Crippen LogP contribution in [-0.2, 0) is 19.0 Å². The van der Waals surface area contributed by atoms with Gasteiger partial charge in [0.1, 0.15) is 6.10 Å². The monoisotopic (exact) mass is 246 g/mol. The molecular weight excluding hydrogens is 224 g/mol. The standard InChI is InChI=1S/C11H22N2O4/c1-8(2)16-6-5-15-7-9-3-4-10(17-9)11(14)13-12/h8-10H,3-7,12H2,1-2H3,(H,13,14). The molecule has 1 fully saturated rings. The summed E-state index contributed by atoms with van der Waals surface area (Å²) in [6.45, 7) is 5.59. The van der Waals surface area contributed by atoms with E-state index in [1.807, 2.05) is 13.8 Å². The van der Waals surface area contributed by atoms with Gasteiger partial charge in [-0.15, -0.1) is 0 Å². The molecular formula is C11H22N2O4. The Balaban J connectivity index is 2.04. The van der Waals surface area contributed by atoms with Crippen LogP contribution < -0.4 is 11.3 Å². The Morgan fingerprint density at radius 1 is 1.47 bits per heavy atom. The van der Waals surface area contributed by atoms with Gasteiger partial charge >= 0.3 is 0 Å². The Bertz CT molecular complexity index is 236. The number of hydrogen-bond acceptors (Lipinski definition) is 5. The molecule has 1 aliphatic heterocycles. The summed E-state index contributed by atoms with van der Waals surface area (Å²) in [5.41, 5.74) is 2.09. The Morgan fingerprint density at radius 2 is 2.24 bits per heavy atom. The highest BCUT2D eigenvalue weighted by Crippen LogP contribution is 2.19. The molecule has 3 N–H and O–H groups in total. The fourth-order valence-electron chi connectivity index (χ4n) is 1.67. The largest absolute Gasteiger partial charge is 0.376 e. The summed E-state index contributed by atoms with van der Waals surface area (Å²) in [6, 6.07) is 0. The molecule has 0 aliphatic carbocycles. The normalized spacial score (nSPS) is 24.2. The molecule has 0 aromatic heterocycles. The van der Waals surface area contributed by atoms with Gasteiger partial charge in [-0.3, -0.25) is 10.2 Å². The molecule has 6 heteroatoms. The zero-order valence-corrected chi connectivity index (χ0v) is 10.5. The minimum Gasteiger partial charge on any atom is -0.376 e. The van der Waals surface area contributed by atoms with Crippen molar-refractivity contribution < 1.29 is 19.0 Å². The molecule has 1 amide bonds. The fourth-order valence-corrected chi connectivity index (χ4v) is 1.67. The lowest BCUT2D eigenvalue weighted by molar-refractivity contribution is -0.133. The number of amides is 1. The lowest BCUT2D eigenvalue weighted by atomic mass is 10.2. The van der Waals surface area contributed by atoms with E-state index in [0.717, 1.165) is 6.42 Å². The number of nitrogens with two attached hydrogens (primary N) is 1. The minimum atomic E-state index is -0.430. The lowest BCUT2D eigenvalue weighted by Gasteiger charge is -2.13. The maximum Gasteiger partial charge on any atom is 0.263 e. The van der Waals surface area contributed by atoms with E-state index in [0.29, 0.717) is 26.2 Å². The van der Waals surface area contributed by atoms with Crippen LogP contribution in [0.3, 0.4) is 0 Å².